The fourth-order valence-corrected chi connectivity index (χ4v) is 3.40. The summed E-state index contributed by atoms with van der Waals surface area (Å²) in [4.78, 5) is 36.0. The molecule has 0 amide bonds. The maximum atomic E-state index is 14.9. The van der Waals surface area contributed by atoms with Crippen LogP contribution in [-0.2, 0) is 0 Å². The molecule has 0 bridgehead atoms. The van der Waals surface area contributed by atoms with Gasteiger partial charge in [-0.25, -0.2) is 23.1 Å². The molecule has 0 unspecified atom stereocenters. The third-order valence-corrected chi connectivity index (χ3v) is 4.80. The number of nitrogens with one attached hydrogen (secondary N) is 1. The van der Waals surface area contributed by atoms with Gasteiger partial charge in [-0.05, 0) is 42.6 Å². The molecule has 3 aromatic heterocycles. The highest BCUT2D eigenvalue weighted by atomic mass is 19.1. The summed E-state index contributed by atoms with van der Waals surface area (Å²) in [5.41, 5.74) is -0.875. The minimum atomic E-state index is -0.978. The number of nitrogens with zero attached hydrogens (tertiary/aromatic N) is 3. The Balaban J connectivity index is 2.20. The van der Waals surface area contributed by atoms with E-state index in [9.17, 15) is 18.4 Å². The SMILES string of the molecule is [3H]c1cccc(F)c1-c1nc2c(cc1F)c(=O)[nH]c(=O)n2-c1c(C)ccnc1C(C)C. The lowest BCUT2D eigenvalue weighted by Crippen LogP contribution is -2.31. The van der Waals surface area contributed by atoms with Crippen molar-refractivity contribution in [2.45, 2.75) is 26.7 Å². The third-order valence-electron chi connectivity index (χ3n) is 4.80. The normalized spacial score (nSPS) is 11.9. The Morgan fingerprint density at radius 2 is 1.93 bits per heavy atom. The molecule has 30 heavy (non-hydrogen) atoms. The molecule has 3 heterocycles. The van der Waals surface area contributed by atoms with Gasteiger partial charge in [0.05, 0.1) is 18.1 Å². The predicted octanol–water partition coefficient (Wildman–Crippen LogP) is 3.85. The fourth-order valence-electron chi connectivity index (χ4n) is 3.40. The van der Waals surface area contributed by atoms with Crippen LogP contribution >= 0.6 is 0 Å². The van der Waals surface area contributed by atoms with Crippen LogP contribution in [0.2, 0.25) is 0 Å². The van der Waals surface area contributed by atoms with E-state index < -0.39 is 28.6 Å². The molecule has 0 radical (unpaired) electrons. The van der Waals surface area contributed by atoms with Gasteiger partial charge in [-0.3, -0.25) is 14.8 Å². The van der Waals surface area contributed by atoms with Crippen molar-refractivity contribution in [1.82, 2.24) is 19.5 Å². The number of fused-ring (bicyclic) bond motifs is 1. The Morgan fingerprint density at radius 3 is 2.63 bits per heavy atom. The van der Waals surface area contributed by atoms with Crippen LogP contribution in [0.3, 0.4) is 0 Å². The lowest BCUT2D eigenvalue weighted by molar-refractivity contribution is 0.612. The minimum Gasteiger partial charge on any atom is -0.273 e. The molecule has 8 heteroatoms. The van der Waals surface area contributed by atoms with E-state index in [0.717, 1.165) is 16.7 Å². The molecule has 1 aromatic carbocycles. The lowest BCUT2D eigenvalue weighted by Gasteiger charge is -2.17. The second-order valence-electron chi connectivity index (χ2n) is 7.19. The highest BCUT2D eigenvalue weighted by molar-refractivity contribution is 5.80. The van der Waals surface area contributed by atoms with Crippen molar-refractivity contribution < 1.29 is 10.2 Å². The van der Waals surface area contributed by atoms with Crippen molar-refractivity contribution in [2.24, 2.45) is 0 Å². The number of halogens is 2. The number of H-pyrrole nitrogens is 1. The van der Waals surface area contributed by atoms with Crippen LogP contribution in [0, 0.1) is 18.6 Å². The molecule has 1 N–H and O–H groups in total. The molecule has 6 nitrogen and oxygen atoms in total. The number of aromatic amines is 1. The van der Waals surface area contributed by atoms with Gasteiger partial charge in [0.1, 0.15) is 11.5 Å². The van der Waals surface area contributed by atoms with Crippen molar-refractivity contribution >= 4 is 11.0 Å². The van der Waals surface area contributed by atoms with Crippen LogP contribution in [0.1, 0.15) is 32.4 Å². The van der Waals surface area contributed by atoms with Crippen LogP contribution in [-0.4, -0.2) is 19.5 Å². The molecule has 0 aliphatic heterocycles. The van der Waals surface area contributed by atoms with Gasteiger partial charge in [-0.2, -0.15) is 0 Å². The van der Waals surface area contributed by atoms with Gasteiger partial charge in [0, 0.05) is 11.8 Å². The highest BCUT2D eigenvalue weighted by Gasteiger charge is 2.21. The first-order valence-electron chi connectivity index (χ1n) is 9.77. The molecular formula is C22H18F2N4O2. The Bertz CT molecular complexity index is 1440. The number of pyridine rings is 2. The Morgan fingerprint density at radius 1 is 1.17 bits per heavy atom. The number of aryl methyl sites for hydroxylation is 1. The van der Waals surface area contributed by atoms with E-state index in [0.29, 0.717) is 16.9 Å². The topological polar surface area (TPSA) is 80.6 Å². The molecule has 0 spiro atoms. The van der Waals surface area contributed by atoms with Crippen molar-refractivity contribution in [3.05, 3.63) is 86.3 Å². The smallest absolute Gasteiger partial charge is 0.273 e. The number of hydrogen-bond donors (Lipinski definition) is 1. The molecule has 4 rings (SSSR count). The average molecular weight is 410 g/mol. The Labute approximate surface area is 171 Å². The fraction of sp³-hybridized carbons (Fsp3) is 0.182. The zero-order valence-electron chi connectivity index (χ0n) is 17.5. The largest absolute Gasteiger partial charge is 0.334 e. The number of benzene rings is 1. The molecule has 0 atom stereocenters. The van der Waals surface area contributed by atoms with Crippen LogP contribution in [0.15, 0.2) is 52.2 Å². The van der Waals surface area contributed by atoms with Gasteiger partial charge in [0.25, 0.3) is 5.56 Å². The summed E-state index contributed by atoms with van der Waals surface area (Å²) in [5.74, 6) is -1.89. The van der Waals surface area contributed by atoms with E-state index in [2.05, 4.69) is 15.0 Å². The molecule has 0 saturated carbocycles. The monoisotopic (exact) mass is 410 g/mol. The van der Waals surface area contributed by atoms with Crippen molar-refractivity contribution in [3.8, 4) is 16.9 Å². The van der Waals surface area contributed by atoms with Crippen molar-refractivity contribution in [1.29, 1.82) is 0 Å². The molecule has 0 saturated heterocycles. The van der Waals surface area contributed by atoms with E-state index in [1.165, 1.54) is 12.1 Å². The van der Waals surface area contributed by atoms with Crippen LogP contribution < -0.4 is 11.2 Å². The summed E-state index contributed by atoms with van der Waals surface area (Å²) in [5, 5.41) is -0.179. The molecule has 0 fully saturated rings. The number of aromatic nitrogens is 4. The Kier molecular flexibility index (Phi) is 4.46. The molecule has 0 aliphatic carbocycles. The van der Waals surface area contributed by atoms with E-state index in [1.54, 1.807) is 19.2 Å². The minimum absolute atomic E-state index is 0.0740. The van der Waals surface area contributed by atoms with E-state index in [1.807, 2.05) is 13.8 Å². The van der Waals surface area contributed by atoms with Crippen molar-refractivity contribution in [2.75, 3.05) is 0 Å². The first kappa shape index (κ1) is 18.4. The summed E-state index contributed by atoms with van der Waals surface area (Å²) in [6, 6.07) is 6.05. The maximum absolute atomic E-state index is 14.9. The molecule has 0 aliphatic rings. The van der Waals surface area contributed by atoms with Crippen LogP contribution in [0.4, 0.5) is 8.78 Å². The standard InChI is InChI=1S/C22H18F2N4O2/c1-11(2)17-19(12(3)8-9-25-17)28-20-14(21(29)27-22(28)30)10-16(24)18(26-20)13-6-4-5-7-15(13)23/h4-11H,1-3H3,(H,27,29,30)/i6T. The third kappa shape index (κ3) is 3.10. The Hall–Kier alpha value is -3.68. The van der Waals surface area contributed by atoms with Gasteiger partial charge in [-0.15, -0.1) is 0 Å². The van der Waals surface area contributed by atoms with Crippen molar-refractivity contribution in [3.63, 3.8) is 0 Å². The maximum Gasteiger partial charge on any atom is 0.334 e. The van der Waals surface area contributed by atoms with E-state index in [-0.39, 0.29) is 28.6 Å². The summed E-state index contributed by atoms with van der Waals surface area (Å²) < 4.78 is 38.5. The summed E-state index contributed by atoms with van der Waals surface area (Å²) >= 11 is 0. The van der Waals surface area contributed by atoms with Crippen LogP contribution in [0.5, 0.6) is 0 Å². The first-order chi connectivity index (χ1) is 14.7. The summed E-state index contributed by atoms with van der Waals surface area (Å²) in [6.45, 7) is 5.57. The van der Waals surface area contributed by atoms with Gasteiger partial charge >= 0.3 is 5.69 Å². The second-order valence-corrected chi connectivity index (χ2v) is 7.19. The zero-order chi connectivity index (χ0) is 22.4. The first-order valence-corrected chi connectivity index (χ1v) is 9.27. The molecule has 4 aromatic rings. The average Bonchev–Trinajstić information content (AvgIpc) is 2.69. The van der Waals surface area contributed by atoms with E-state index >= 15 is 0 Å². The lowest BCUT2D eigenvalue weighted by atomic mass is 10.0. The quantitative estimate of drug-likeness (QED) is 0.556. The highest BCUT2D eigenvalue weighted by Crippen LogP contribution is 2.28. The number of hydrogen-bond acceptors (Lipinski definition) is 4. The summed E-state index contributed by atoms with van der Waals surface area (Å²) in [7, 11) is 0. The second kappa shape index (κ2) is 7.29. The number of rotatable bonds is 3. The van der Waals surface area contributed by atoms with Crippen LogP contribution in [0.25, 0.3) is 28.0 Å². The van der Waals surface area contributed by atoms with Gasteiger partial charge in [0.2, 0.25) is 0 Å². The van der Waals surface area contributed by atoms with E-state index in [4.69, 9.17) is 1.37 Å². The summed E-state index contributed by atoms with van der Waals surface area (Å²) in [6.07, 6.45) is 1.61. The predicted molar refractivity (Wildman–Crippen MR) is 110 cm³/mol. The van der Waals surface area contributed by atoms with Gasteiger partial charge < -0.3 is 0 Å². The van der Waals surface area contributed by atoms with Gasteiger partial charge in [-0.1, -0.05) is 26.0 Å². The molecular weight excluding hydrogens is 390 g/mol. The molecule has 152 valence electrons. The zero-order valence-corrected chi connectivity index (χ0v) is 16.5. The van der Waals surface area contributed by atoms with Gasteiger partial charge in [0.15, 0.2) is 11.5 Å².